The molecule has 120 valence electrons. The SMILES string of the molecule is CCNC(=NCC1(O)CCC1)NC1CCC2CCCC2C1. The van der Waals surface area contributed by atoms with Gasteiger partial charge in [0.25, 0.3) is 0 Å². The summed E-state index contributed by atoms with van der Waals surface area (Å²) < 4.78 is 0. The molecule has 3 aliphatic carbocycles. The topological polar surface area (TPSA) is 56.7 Å². The molecule has 0 aromatic heterocycles. The number of aliphatic hydroxyl groups is 1. The first kappa shape index (κ1) is 15.1. The molecular formula is C17H31N3O. The van der Waals surface area contributed by atoms with E-state index in [-0.39, 0.29) is 0 Å². The Balaban J connectivity index is 1.53. The molecular weight excluding hydrogens is 262 g/mol. The van der Waals surface area contributed by atoms with E-state index in [1.807, 2.05) is 0 Å². The molecule has 3 saturated carbocycles. The summed E-state index contributed by atoms with van der Waals surface area (Å²) in [6.07, 6.45) is 11.2. The van der Waals surface area contributed by atoms with E-state index in [4.69, 9.17) is 0 Å². The summed E-state index contributed by atoms with van der Waals surface area (Å²) in [5.74, 6) is 2.84. The van der Waals surface area contributed by atoms with Crippen molar-refractivity contribution in [3.63, 3.8) is 0 Å². The molecule has 3 N–H and O–H groups in total. The van der Waals surface area contributed by atoms with Gasteiger partial charge in [-0.1, -0.05) is 19.3 Å². The quantitative estimate of drug-likeness (QED) is 0.551. The molecule has 0 heterocycles. The average molecular weight is 293 g/mol. The van der Waals surface area contributed by atoms with E-state index >= 15 is 0 Å². The Labute approximate surface area is 128 Å². The first-order chi connectivity index (χ1) is 10.2. The highest BCUT2D eigenvalue weighted by atomic mass is 16.3. The molecule has 0 amide bonds. The Morgan fingerprint density at radius 3 is 2.67 bits per heavy atom. The Hall–Kier alpha value is -0.770. The molecule has 0 aromatic carbocycles. The second-order valence-electron chi connectivity index (χ2n) is 7.38. The predicted octanol–water partition coefficient (Wildman–Crippen LogP) is 2.43. The van der Waals surface area contributed by atoms with Gasteiger partial charge >= 0.3 is 0 Å². The molecule has 0 radical (unpaired) electrons. The van der Waals surface area contributed by atoms with E-state index in [2.05, 4.69) is 22.5 Å². The van der Waals surface area contributed by atoms with Crippen molar-refractivity contribution in [3.8, 4) is 0 Å². The van der Waals surface area contributed by atoms with E-state index in [1.165, 1.54) is 38.5 Å². The van der Waals surface area contributed by atoms with Crippen LogP contribution >= 0.6 is 0 Å². The van der Waals surface area contributed by atoms with Gasteiger partial charge in [-0.05, 0) is 57.3 Å². The number of fused-ring (bicyclic) bond motifs is 1. The summed E-state index contributed by atoms with van der Waals surface area (Å²) in [6.45, 7) is 3.52. The largest absolute Gasteiger partial charge is 0.388 e. The first-order valence-electron chi connectivity index (χ1n) is 8.96. The Bertz CT molecular complexity index is 378. The minimum atomic E-state index is -0.522. The lowest BCUT2D eigenvalue weighted by molar-refractivity contribution is -0.0236. The third-order valence-corrected chi connectivity index (χ3v) is 5.79. The molecule has 4 nitrogen and oxygen atoms in total. The minimum Gasteiger partial charge on any atom is -0.388 e. The van der Waals surface area contributed by atoms with Crippen LogP contribution in [-0.2, 0) is 0 Å². The first-order valence-corrected chi connectivity index (χ1v) is 8.96. The monoisotopic (exact) mass is 293 g/mol. The summed E-state index contributed by atoms with van der Waals surface area (Å²) in [6, 6.07) is 0.568. The van der Waals surface area contributed by atoms with Crippen LogP contribution in [0.15, 0.2) is 4.99 Å². The molecule has 3 atom stereocenters. The average Bonchev–Trinajstić information content (AvgIpc) is 2.90. The minimum absolute atomic E-state index is 0.522. The molecule has 0 spiro atoms. The number of guanidine groups is 1. The molecule has 0 bridgehead atoms. The fourth-order valence-corrected chi connectivity index (χ4v) is 4.32. The van der Waals surface area contributed by atoms with Crippen LogP contribution in [-0.4, -0.2) is 35.8 Å². The number of rotatable bonds is 4. The zero-order valence-corrected chi connectivity index (χ0v) is 13.4. The standard InChI is InChI=1S/C17H31N3O/c1-2-18-16(19-12-17(21)9-4-10-17)20-15-8-7-13-5-3-6-14(13)11-15/h13-15,21H,2-12H2,1H3,(H2,18,19,20). The van der Waals surface area contributed by atoms with E-state index in [1.54, 1.807) is 0 Å². The van der Waals surface area contributed by atoms with Crippen LogP contribution in [0.25, 0.3) is 0 Å². The summed E-state index contributed by atoms with van der Waals surface area (Å²) >= 11 is 0. The van der Waals surface area contributed by atoms with Crippen LogP contribution in [0.1, 0.15) is 64.7 Å². The van der Waals surface area contributed by atoms with Crippen LogP contribution in [0.5, 0.6) is 0 Å². The third kappa shape index (κ3) is 3.71. The maximum atomic E-state index is 10.2. The number of hydrogen-bond acceptors (Lipinski definition) is 2. The normalized spacial score (nSPS) is 35.0. The highest BCUT2D eigenvalue weighted by Gasteiger charge is 2.35. The molecule has 4 heteroatoms. The van der Waals surface area contributed by atoms with Crippen molar-refractivity contribution in [2.24, 2.45) is 16.8 Å². The second-order valence-corrected chi connectivity index (χ2v) is 7.38. The van der Waals surface area contributed by atoms with Gasteiger partial charge in [0.2, 0.25) is 0 Å². The van der Waals surface area contributed by atoms with Crippen LogP contribution in [0.4, 0.5) is 0 Å². The fourth-order valence-electron chi connectivity index (χ4n) is 4.32. The van der Waals surface area contributed by atoms with Gasteiger partial charge in [-0.2, -0.15) is 0 Å². The fraction of sp³-hybridized carbons (Fsp3) is 0.941. The molecule has 0 aliphatic heterocycles. The maximum absolute atomic E-state index is 10.2. The number of nitrogens with zero attached hydrogens (tertiary/aromatic N) is 1. The Morgan fingerprint density at radius 1 is 1.14 bits per heavy atom. The lowest BCUT2D eigenvalue weighted by Gasteiger charge is -2.36. The molecule has 3 unspecified atom stereocenters. The predicted molar refractivity (Wildman–Crippen MR) is 86.4 cm³/mol. The number of hydrogen-bond donors (Lipinski definition) is 3. The number of nitrogens with one attached hydrogen (secondary N) is 2. The van der Waals surface area contributed by atoms with Gasteiger partial charge in [0, 0.05) is 12.6 Å². The summed E-state index contributed by atoms with van der Waals surface area (Å²) in [5, 5.41) is 17.1. The zero-order chi connectivity index (χ0) is 14.7. The maximum Gasteiger partial charge on any atom is 0.191 e. The van der Waals surface area contributed by atoms with Crippen LogP contribution in [0, 0.1) is 11.8 Å². The van der Waals surface area contributed by atoms with Crippen LogP contribution in [0.2, 0.25) is 0 Å². The lowest BCUT2D eigenvalue weighted by Crippen LogP contribution is -2.47. The summed E-state index contributed by atoms with van der Waals surface area (Å²) in [7, 11) is 0. The van der Waals surface area contributed by atoms with Crippen LogP contribution in [0.3, 0.4) is 0 Å². The summed E-state index contributed by atoms with van der Waals surface area (Å²) in [5.41, 5.74) is -0.522. The van der Waals surface area contributed by atoms with E-state index < -0.39 is 5.60 Å². The van der Waals surface area contributed by atoms with E-state index in [0.717, 1.165) is 43.6 Å². The molecule has 21 heavy (non-hydrogen) atoms. The van der Waals surface area contributed by atoms with Crippen molar-refractivity contribution in [1.82, 2.24) is 10.6 Å². The third-order valence-electron chi connectivity index (χ3n) is 5.79. The van der Waals surface area contributed by atoms with Crippen molar-refractivity contribution in [2.75, 3.05) is 13.1 Å². The van der Waals surface area contributed by atoms with Gasteiger partial charge in [0.05, 0.1) is 12.1 Å². The smallest absolute Gasteiger partial charge is 0.191 e. The van der Waals surface area contributed by atoms with Crippen molar-refractivity contribution < 1.29 is 5.11 Å². The summed E-state index contributed by atoms with van der Waals surface area (Å²) in [4.78, 5) is 4.63. The van der Waals surface area contributed by atoms with Gasteiger partial charge in [-0.3, -0.25) is 4.99 Å². The van der Waals surface area contributed by atoms with Gasteiger partial charge in [-0.15, -0.1) is 0 Å². The molecule has 3 fully saturated rings. The second kappa shape index (κ2) is 6.55. The van der Waals surface area contributed by atoms with Gasteiger partial charge in [0.15, 0.2) is 5.96 Å². The van der Waals surface area contributed by atoms with Gasteiger partial charge < -0.3 is 15.7 Å². The van der Waals surface area contributed by atoms with Crippen molar-refractivity contribution in [2.45, 2.75) is 76.4 Å². The Kier molecular flexibility index (Phi) is 4.72. The van der Waals surface area contributed by atoms with Crippen molar-refractivity contribution in [3.05, 3.63) is 0 Å². The van der Waals surface area contributed by atoms with Crippen molar-refractivity contribution in [1.29, 1.82) is 0 Å². The zero-order valence-electron chi connectivity index (χ0n) is 13.4. The molecule has 3 rings (SSSR count). The van der Waals surface area contributed by atoms with E-state index in [0.29, 0.717) is 12.6 Å². The highest BCUT2D eigenvalue weighted by Crippen LogP contribution is 2.42. The lowest BCUT2D eigenvalue weighted by atomic mass is 9.79. The van der Waals surface area contributed by atoms with Gasteiger partial charge in [-0.25, -0.2) is 0 Å². The van der Waals surface area contributed by atoms with Gasteiger partial charge in [0.1, 0.15) is 0 Å². The molecule has 0 aromatic rings. The number of aliphatic imine (C=N–C) groups is 1. The molecule has 0 saturated heterocycles. The van der Waals surface area contributed by atoms with Crippen molar-refractivity contribution >= 4 is 5.96 Å². The molecule has 3 aliphatic rings. The Morgan fingerprint density at radius 2 is 1.95 bits per heavy atom. The highest BCUT2D eigenvalue weighted by molar-refractivity contribution is 5.80. The van der Waals surface area contributed by atoms with Crippen LogP contribution < -0.4 is 10.6 Å². The van der Waals surface area contributed by atoms with E-state index in [9.17, 15) is 5.11 Å².